The Balaban J connectivity index is 0.00000392. The molecule has 154 valence electrons. The number of nitro groups is 1. The average Bonchev–Trinajstić information content (AvgIpc) is 3.11. The molecule has 1 aliphatic rings. The first kappa shape index (κ1) is 23.3. The Morgan fingerprint density at radius 1 is 1.25 bits per heavy atom. The van der Waals surface area contributed by atoms with Crippen LogP contribution in [0.4, 0.5) is 11.4 Å². The van der Waals surface area contributed by atoms with Crippen molar-refractivity contribution in [1.82, 2.24) is 10.2 Å². The van der Waals surface area contributed by atoms with Gasteiger partial charge in [0.15, 0.2) is 0 Å². The number of carbonyl (C=O) groups excluding carboxylic acids is 3. The van der Waals surface area contributed by atoms with Crippen LogP contribution >= 0.6 is 12.4 Å². The quantitative estimate of drug-likeness (QED) is 0.464. The summed E-state index contributed by atoms with van der Waals surface area (Å²) in [5.74, 6) is -1.17. The topological polar surface area (TPSA) is 148 Å². The van der Waals surface area contributed by atoms with Crippen LogP contribution in [-0.2, 0) is 14.4 Å². The summed E-state index contributed by atoms with van der Waals surface area (Å²) in [6.45, 7) is 3.48. The molecule has 3 amide bonds. The van der Waals surface area contributed by atoms with Gasteiger partial charge in [-0.1, -0.05) is 0 Å². The number of anilines is 1. The Morgan fingerprint density at radius 2 is 1.86 bits per heavy atom. The molecule has 11 heteroatoms. The van der Waals surface area contributed by atoms with Gasteiger partial charge in [0, 0.05) is 24.4 Å². The number of likely N-dealkylation sites (tertiary alicyclic amines) is 1. The van der Waals surface area contributed by atoms with Crippen LogP contribution in [0.1, 0.15) is 26.7 Å². The molecule has 1 aliphatic heterocycles. The van der Waals surface area contributed by atoms with Gasteiger partial charge in [-0.2, -0.15) is 0 Å². The summed E-state index contributed by atoms with van der Waals surface area (Å²) in [4.78, 5) is 48.4. The molecular formula is C17H24ClN5O5. The van der Waals surface area contributed by atoms with Crippen molar-refractivity contribution in [2.24, 2.45) is 5.73 Å². The van der Waals surface area contributed by atoms with E-state index in [2.05, 4.69) is 10.6 Å². The third-order valence-corrected chi connectivity index (χ3v) is 4.33. The molecule has 0 bridgehead atoms. The van der Waals surface area contributed by atoms with Crippen LogP contribution in [0.15, 0.2) is 24.3 Å². The van der Waals surface area contributed by atoms with Crippen molar-refractivity contribution >= 4 is 41.5 Å². The van der Waals surface area contributed by atoms with E-state index in [4.69, 9.17) is 5.73 Å². The lowest BCUT2D eigenvalue weighted by Crippen LogP contribution is -2.53. The van der Waals surface area contributed by atoms with Gasteiger partial charge in [0.2, 0.25) is 17.7 Å². The number of nitrogens with one attached hydrogen (secondary N) is 2. The Hall–Kier alpha value is -2.72. The highest BCUT2D eigenvalue weighted by molar-refractivity contribution is 5.99. The second kappa shape index (κ2) is 10.00. The minimum Gasteiger partial charge on any atom is -0.343 e. The van der Waals surface area contributed by atoms with Crippen LogP contribution < -0.4 is 16.4 Å². The van der Waals surface area contributed by atoms with Crippen LogP contribution in [-0.4, -0.2) is 52.2 Å². The second-order valence-corrected chi connectivity index (χ2v) is 6.50. The maximum absolute atomic E-state index is 12.6. The molecule has 3 atom stereocenters. The Kier molecular flexibility index (Phi) is 8.33. The monoisotopic (exact) mass is 413 g/mol. The molecule has 1 aromatic carbocycles. The number of nitro benzene ring substituents is 1. The third-order valence-electron chi connectivity index (χ3n) is 4.33. The van der Waals surface area contributed by atoms with Crippen LogP contribution in [0.5, 0.6) is 0 Å². The third kappa shape index (κ3) is 5.64. The molecule has 0 spiro atoms. The van der Waals surface area contributed by atoms with Crippen LogP contribution in [0.3, 0.4) is 0 Å². The number of non-ortho nitro benzene ring substituents is 1. The van der Waals surface area contributed by atoms with Gasteiger partial charge in [0.1, 0.15) is 12.1 Å². The first-order valence-electron chi connectivity index (χ1n) is 8.62. The van der Waals surface area contributed by atoms with Crippen molar-refractivity contribution in [1.29, 1.82) is 0 Å². The predicted octanol–water partition coefficient (Wildman–Crippen LogP) is 0.798. The number of nitrogens with two attached hydrogens (primary N) is 1. The summed E-state index contributed by atoms with van der Waals surface area (Å²) < 4.78 is 0. The molecule has 0 saturated carbocycles. The number of benzene rings is 1. The van der Waals surface area contributed by atoms with Crippen LogP contribution in [0.25, 0.3) is 0 Å². The zero-order valence-corrected chi connectivity index (χ0v) is 16.4. The lowest BCUT2D eigenvalue weighted by atomic mass is 10.1. The van der Waals surface area contributed by atoms with Crippen LogP contribution in [0, 0.1) is 10.1 Å². The van der Waals surface area contributed by atoms with E-state index in [1.807, 2.05) is 0 Å². The molecule has 10 nitrogen and oxygen atoms in total. The highest BCUT2D eigenvalue weighted by Gasteiger charge is 2.36. The zero-order valence-electron chi connectivity index (χ0n) is 15.6. The molecule has 0 aromatic heterocycles. The largest absolute Gasteiger partial charge is 0.343 e. The molecule has 28 heavy (non-hydrogen) atoms. The number of carbonyl (C=O) groups is 3. The second-order valence-electron chi connectivity index (χ2n) is 6.50. The van der Waals surface area contributed by atoms with E-state index < -0.39 is 29.0 Å². The van der Waals surface area contributed by atoms with Crippen molar-refractivity contribution < 1.29 is 19.3 Å². The Morgan fingerprint density at radius 3 is 2.39 bits per heavy atom. The minimum atomic E-state index is -0.795. The number of rotatable bonds is 6. The summed E-state index contributed by atoms with van der Waals surface area (Å²) in [5, 5.41) is 15.9. The summed E-state index contributed by atoms with van der Waals surface area (Å²) in [5.41, 5.74) is 5.81. The molecule has 4 N–H and O–H groups in total. The number of hydrogen-bond acceptors (Lipinski definition) is 6. The van der Waals surface area contributed by atoms with Gasteiger partial charge in [-0.15, -0.1) is 12.4 Å². The van der Waals surface area contributed by atoms with Crippen LogP contribution in [0.2, 0.25) is 0 Å². The molecule has 1 fully saturated rings. The van der Waals surface area contributed by atoms with Crippen molar-refractivity contribution in [3.05, 3.63) is 34.4 Å². The fraction of sp³-hybridized carbons (Fsp3) is 0.471. The van der Waals surface area contributed by atoms with Gasteiger partial charge in [-0.05, 0) is 38.8 Å². The summed E-state index contributed by atoms with van der Waals surface area (Å²) >= 11 is 0. The van der Waals surface area contributed by atoms with Crippen molar-refractivity contribution in [3.8, 4) is 0 Å². The van der Waals surface area contributed by atoms with Gasteiger partial charge >= 0.3 is 0 Å². The lowest BCUT2D eigenvalue weighted by Gasteiger charge is -2.27. The lowest BCUT2D eigenvalue weighted by molar-refractivity contribution is -0.384. The zero-order chi connectivity index (χ0) is 20.1. The van der Waals surface area contributed by atoms with E-state index in [0.29, 0.717) is 25.1 Å². The summed E-state index contributed by atoms with van der Waals surface area (Å²) in [6, 6.07) is 3.25. The van der Waals surface area contributed by atoms with Crippen molar-refractivity contribution in [2.45, 2.75) is 44.8 Å². The fourth-order valence-electron chi connectivity index (χ4n) is 2.85. The van der Waals surface area contributed by atoms with E-state index in [-0.39, 0.29) is 29.9 Å². The van der Waals surface area contributed by atoms with E-state index in [1.165, 1.54) is 36.1 Å². The normalized spacial score (nSPS) is 17.8. The van der Waals surface area contributed by atoms with Crippen molar-refractivity contribution in [3.63, 3.8) is 0 Å². The first-order chi connectivity index (χ1) is 12.7. The molecule has 1 heterocycles. The maximum Gasteiger partial charge on any atom is 0.269 e. The summed E-state index contributed by atoms with van der Waals surface area (Å²) in [7, 11) is 0. The van der Waals surface area contributed by atoms with E-state index in [0.717, 1.165) is 0 Å². The average molecular weight is 414 g/mol. The number of hydrogen-bond donors (Lipinski definition) is 3. The molecule has 1 saturated heterocycles. The highest BCUT2D eigenvalue weighted by Crippen LogP contribution is 2.21. The molecular weight excluding hydrogens is 390 g/mol. The fourth-order valence-corrected chi connectivity index (χ4v) is 2.85. The van der Waals surface area contributed by atoms with Gasteiger partial charge < -0.3 is 21.3 Å². The molecule has 2 rings (SSSR count). The number of nitrogens with zero attached hydrogens (tertiary/aromatic N) is 2. The molecule has 0 radical (unpaired) electrons. The Labute approximate surface area is 168 Å². The molecule has 1 aromatic rings. The van der Waals surface area contributed by atoms with Gasteiger partial charge in [-0.25, -0.2) is 0 Å². The molecule has 0 aliphatic carbocycles. The van der Waals surface area contributed by atoms with Gasteiger partial charge in [-0.3, -0.25) is 24.5 Å². The standard InChI is InChI=1S/C17H23N5O5.ClH/c1-10(18)15(23)19-11(2)17(25)21-9-3-4-14(21)16(24)20-12-5-7-13(8-6-12)22(26)27;/h5-8,10-11,14H,3-4,9,18H2,1-2H3,(H,19,23)(H,20,24);1H/t10-,11-,14-;/m0./s1. The van der Waals surface area contributed by atoms with Gasteiger partial charge in [0.25, 0.3) is 5.69 Å². The Bertz CT molecular complexity index is 740. The predicted molar refractivity (Wildman–Crippen MR) is 105 cm³/mol. The maximum atomic E-state index is 12.6. The SMILES string of the molecule is C[C@H](N)C(=O)N[C@@H](C)C(=O)N1CCC[C@H]1C(=O)Nc1ccc([N+](=O)[O-])cc1.Cl. The molecule has 0 unspecified atom stereocenters. The van der Waals surface area contributed by atoms with Gasteiger partial charge in [0.05, 0.1) is 11.0 Å². The highest BCUT2D eigenvalue weighted by atomic mass is 35.5. The minimum absolute atomic E-state index is 0. The first-order valence-corrected chi connectivity index (χ1v) is 8.62. The number of amides is 3. The number of halogens is 1. The van der Waals surface area contributed by atoms with E-state index in [9.17, 15) is 24.5 Å². The van der Waals surface area contributed by atoms with Crippen molar-refractivity contribution in [2.75, 3.05) is 11.9 Å². The van der Waals surface area contributed by atoms with E-state index >= 15 is 0 Å². The van der Waals surface area contributed by atoms with E-state index in [1.54, 1.807) is 6.92 Å². The summed E-state index contributed by atoms with van der Waals surface area (Å²) in [6.07, 6.45) is 1.16. The smallest absolute Gasteiger partial charge is 0.269 e.